The number of nitrogen functional groups attached to an aromatic ring is 1. The number of fused-ring (bicyclic) bond motifs is 1. The van der Waals surface area contributed by atoms with Crippen LogP contribution >= 0.6 is 0 Å². The quantitative estimate of drug-likeness (QED) is 0.646. The Kier molecular flexibility index (Phi) is 4.29. The van der Waals surface area contributed by atoms with Crippen molar-refractivity contribution in [1.29, 1.82) is 0 Å². The van der Waals surface area contributed by atoms with Crippen molar-refractivity contribution in [3.05, 3.63) is 29.3 Å². The summed E-state index contributed by atoms with van der Waals surface area (Å²) in [5, 5.41) is 0. The summed E-state index contributed by atoms with van der Waals surface area (Å²) in [5.74, 6) is -1.33. The normalized spacial score (nSPS) is 15.7. The van der Waals surface area contributed by atoms with Gasteiger partial charge in [-0.2, -0.15) is 4.31 Å². The van der Waals surface area contributed by atoms with Crippen molar-refractivity contribution in [2.75, 3.05) is 24.6 Å². The monoisotopic (exact) mass is 298 g/mol. The van der Waals surface area contributed by atoms with Crippen molar-refractivity contribution in [3.8, 4) is 0 Å². The number of carbonyl (C=O) groups excluding carboxylic acids is 1. The number of hydrogen-bond acceptors (Lipinski definition) is 5. The summed E-state index contributed by atoms with van der Waals surface area (Å²) in [7, 11) is -3.64. The molecule has 1 aromatic carbocycles. The van der Waals surface area contributed by atoms with E-state index in [2.05, 4.69) is 0 Å². The summed E-state index contributed by atoms with van der Waals surface area (Å²) in [6, 6.07) is 5.50. The minimum absolute atomic E-state index is 0.174. The summed E-state index contributed by atoms with van der Waals surface area (Å²) in [6.07, 6.45) is 0.623. The number of sulfonamides is 1. The number of esters is 1. The molecule has 6 nitrogen and oxygen atoms in total. The van der Waals surface area contributed by atoms with Crippen LogP contribution in [0.1, 0.15) is 18.1 Å². The maximum Gasteiger partial charge on any atom is 0.322 e. The van der Waals surface area contributed by atoms with Crippen LogP contribution in [-0.2, 0) is 32.5 Å². The summed E-state index contributed by atoms with van der Waals surface area (Å²) < 4.78 is 30.3. The topological polar surface area (TPSA) is 89.7 Å². The van der Waals surface area contributed by atoms with Crippen LogP contribution in [0.15, 0.2) is 18.2 Å². The molecular weight excluding hydrogens is 280 g/mol. The van der Waals surface area contributed by atoms with Crippen LogP contribution in [0.3, 0.4) is 0 Å². The van der Waals surface area contributed by atoms with Crippen molar-refractivity contribution < 1.29 is 17.9 Å². The van der Waals surface area contributed by atoms with Gasteiger partial charge < -0.3 is 10.5 Å². The van der Waals surface area contributed by atoms with E-state index in [0.717, 1.165) is 11.1 Å². The molecule has 1 aromatic rings. The molecule has 0 saturated heterocycles. The first-order valence-electron chi connectivity index (χ1n) is 6.43. The van der Waals surface area contributed by atoms with E-state index < -0.39 is 21.7 Å². The lowest BCUT2D eigenvalue weighted by molar-refractivity contribution is -0.140. The molecule has 0 bridgehead atoms. The number of ether oxygens (including phenoxy) is 1. The van der Waals surface area contributed by atoms with Gasteiger partial charge in [-0.1, -0.05) is 6.07 Å². The van der Waals surface area contributed by atoms with Crippen molar-refractivity contribution in [3.63, 3.8) is 0 Å². The van der Waals surface area contributed by atoms with Crippen LogP contribution in [0, 0.1) is 0 Å². The second-order valence-corrected chi connectivity index (χ2v) is 6.64. The van der Waals surface area contributed by atoms with Gasteiger partial charge in [0.05, 0.1) is 6.61 Å². The zero-order valence-corrected chi connectivity index (χ0v) is 12.1. The fourth-order valence-electron chi connectivity index (χ4n) is 2.23. The smallest absolute Gasteiger partial charge is 0.322 e. The van der Waals surface area contributed by atoms with E-state index >= 15 is 0 Å². The highest BCUT2D eigenvalue weighted by Gasteiger charge is 2.29. The van der Waals surface area contributed by atoms with Crippen LogP contribution in [0.25, 0.3) is 0 Å². The summed E-state index contributed by atoms with van der Waals surface area (Å²) in [6.45, 7) is 2.44. The Labute approximate surface area is 118 Å². The molecule has 1 aliphatic rings. The lowest BCUT2D eigenvalue weighted by Gasteiger charge is -2.27. The van der Waals surface area contributed by atoms with Crippen LogP contribution < -0.4 is 5.73 Å². The predicted octanol–water partition coefficient (Wildman–Crippen LogP) is 0.520. The Morgan fingerprint density at radius 3 is 2.85 bits per heavy atom. The third-order valence-electron chi connectivity index (χ3n) is 3.21. The zero-order valence-electron chi connectivity index (χ0n) is 11.3. The predicted molar refractivity (Wildman–Crippen MR) is 75.4 cm³/mol. The molecule has 0 unspecified atom stereocenters. The number of benzene rings is 1. The van der Waals surface area contributed by atoms with E-state index in [1.54, 1.807) is 13.0 Å². The van der Waals surface area contributed by atoms with Crippen molar-refractivity contribution in [2.24, 2.45) is 0 Å². The number of anilines is 1. The van der Waals surface area contributed by atoms with Gasteiger partial charge in [0.25, 0.3) is 0 Å². The van der Waals surface area contributed by atoms with E-state index in [1.807, 2.05) is 12.1 Å². The third kappa shape index (κ3) is 3.29. The van der Waals surface area contributed by atoms with Gasteiger partial charge in [-0.3, -0.25) is 4.79 Å². The standard InChI is InChI=1S/C13H18N2O4S/c1-2-19-13(16)9-20(17,18)15-6-5-10-3-4-12(14)7-11(10)8-15/h3-4,7H,2,5-6,8-9,14H2,1H3. The molecule has 1 aliphatic heterocycles. The molecule has 0 spiro atoms. The first kappa shape index (κ1) is 14.8. The molecule has 2 rings (SSSR count). The third-order valence-corrected chi connectivity index (χ3v) is 4.91. The minimum Gasteiger partial charge on any atom is -0.465 e. The van der Waals surface area contributed by atoms with Gasteiger partial charge in [-0.25, -0.2) is 8.42 Å². The van der Waals surface area contributed by atoms with Crippen molar-refractivity contribution >= 4 is 21.7 Å². The molecule has 7 heteroatoms. The van der Waals surface area contributed by atoms with Crippen molar-refractivity contribution in [1.82, 2.24) is 4.31 Å². The molecule has 0 aromatic heterocycles. The fraction of sp³-hybridized carbons (Fsp3) is 0.462. The van der Waals surface area contributed by atoms with Crippen molar-refractivity contribution in [2.45, 2.75) is 19.9 Å². The Balaban J connectivity index is 2.13. The SMILES string of the molecule is CCOC(=O)CS(=O)(=O)N1CCc2ccc(N)cc2C1. The van der Waals surface area contributed by atoms with Gasteiger partial charge in [-0.15, -0.1) is 0 Å². The van der Waals surface area contributed by atoms with Crippen LogP contribution in [0.4, 0.5) is 5.69 Å². The number of carbonyl (C=O) groups is 1. The average Bonchev–Trinajstić information content (AvgIpc) is 2.37. The number of rotatable bonds is 4. The Bertz CT molecular complexity index is 613. The second-order valence-electron chi connectivity index (χ2n) is 4.67. The van der Waals surface area contributed by atoms with Gasteiger partial charge >= 0.3 is 5.97 Å². The molecular formula is C13H18N2O4S. The summed E-state index contributed by atoms with van der Waals surface area (Å²) >= 11 is 0. The van der Waals surface area contributed by atoms with E-state index in [1.165, 1.54) is 4.31 Å². The Hall–Kier alpha value is -1.60. The molecule has 0 saturated carbocycles. The highest BCUT2D eigenvalue weighted by atomic mass is 32.2. The first-order chi connectivity index (χ1) is 9.42. The second kappa shape index (κ2) is 5.80. The van der Waals surface area contributed by atoms with E-state index in [4.69, 9.17) is 10.5 Å². The number of hydrogen-bond donors (Lipinski definition) is 1. The summed E-state index contributed by atoms with van der Waals surface area (Å²) in [5.41, 5.74) is 8.31. The van der Waals surface area contributed by atoms with E-state index in [0.29, 0.717) is 18.7 Å². The molecule has 2 N–H and O–H groups in total. The van der Waals surface area contributed by atoms with Crippen LogP contribution in [0.5, 0.6) is 0 Å². The number of nitrogens with zero attached hydrogens (tertiary/aromatic N) is 1. The molecule has 1 heterocycles. The van der Waals surface area contributed by atoms with Gasteiger partial charge in [0.2, 0.25) is 10.0 Å². The van der Waals surface area contributed by atoms with Gasteiger partial charge in [-0.05, 0) is 36.6 Å². The average molecular weight is 298 g/mol. The van der Waals surface area contributed by atoms with E-state index in [9.17, 15) is 13.2 Å². The summed E-state index contributed by atoms with van der Waals surface area (Å²) in [4.78, 5) is 11.4. The maximum absolute atomic E-state index is 12.2. The van der Waals surface area contributed by atoms with Gasteiger partial charge in [0.15, 0.2) is 5.75 Å². The minimum atomic E-state index is -3.64. The molecule has 110 valence electrons. The van der Waals surface area contributed by atoms with E-state index in [-0.39, 0.29) is 13.2 Å². The van der Waals surface area contributed by atoms with Crippen LogP contribution in [0.2, 0.25) is 0 Å². The highest BCUT2D eigenvalue weighted by molar-refractivity contribution is 7.89. The Morgan fingerprint density at radius 2 is 2.15 bits per heavy atom. The molecule has 0 fully saturated rings. The number of nitrogens with two attached hydrogens (primary N) is 1. The molecule has 0 amide bonds. The molecule has 0 radical (unpaired) electrons. The Morgan fingerprint density at radius 1 is 1.40 bits per heavy atom. The molecule has 20 heavy (non-hydrogen) atoms. The lowest BCUT2D eigenvalue weighted by atomic mass is 10.0. The fourth-order valence-corrected chi connectivity index (χ4v) is 3.50. The maximum atomic E-state index is 12.2. The first-order valence-corrected chi connectivity index (χ1v) is 8.04. The zero-order chi connectivity index (χ0) is 14.8. The lowest BCUT2D eigenvalue weighted by Crippen LogP contribution is -2.39. The van der Waals surface area contributed by atoms with Gasteiger partial charge in [0.1, 0.15) is 0 Å². The van der Waals surface area contributed by atoms with Crippen LogP contribution in [-0.4, -0.2) is 37.6 Å². The molecule has 0 aliphatic carbocycles. The molecule has 0 atom stereocenters. The van der Waals surface area contributed by atoms with Gasteiger partial charge in [0, 0.05) is 18.8 Å². The largest absolute Gasteiger partial charge is 0.465 e. The highest BCUT2D eigenvalue weighted by Crippen LogP contribution is 2.23.